The van der Waals surface area contributed by atoms with Crippen LogP contribution in [0.15, 0.2) is 18.3 Å². The summed E-state index contributed by atoms with van der Waals surface area (Å²) in [6.07, 6.45) is 4.13. The van der Waals surface area contributed by atoms with E-state index in [0.717, 1.165) is 16.8 Å². The largest absolute Gasteiger partial charge is 0.483 e. The SMILES string of the molecule is O=C(N[C@@H]1CN2CCC1CC2)c1nsc2ncccc12.O=CO. The van der Waals surface area contributed by atoms with E-state index >= 15 is 0 Å². The van der Waals surface area contributed by atoms with Crippen molar-refractivity contribution in [1.29, 1.82) is 0 Å². The molecule has 0 spiro atoms. The Morgan fingerprint density at radius 2 is 2.17 bits per heavy atom. The van der Waals surface area contributed by atoms with Crippen LogP contribution < -0.4 is 5.32 Å². The van der Waals surface area contributed by atoms with Gasteiger partial charge in [-0.2, -0.15) is 4.37 Å². The third kappa shape index (κ3) is 3.32. The van der Waals surface area contributed by atoms with Gasteiger partial charge in [-0.15, -0.1) is 0 Å². The van der Waals surface area contributed by atoms with Crippen molar-refractivity contribution in [2.24, 2.45) is 5.92 Å². The minimum Gasteiger partial charge on any atom is -0.483 e. The molecule has 0 aromatic carbocycles. The minimum absolute atomic E-state index is 0.0528. The normalized spacial score (nSPS) is 25.5. The first kappa shape index (κ1) is 15.8. The van der Waals surface area contributed by atoms with Crippen LogP contribution in [0.3, 0.4) is 0 Å². The second kappa shape index (κ2) is 7.01. The molecule has 122 valence electrons. The van der Waals surface area contributed by atoms with E-state index in [1.165, 1.54) is 37.5 Å². The summed E-state index contributed by atoms with van der Waals surface area (Å²) in [6, 6.07) is 4.04. The van der Waals surface area contributed by atoms with Gasteiger partial charge in [-0.25, -0.2) is 4.98 Å². The number of carbonyl (C=O) groups excluding carboxylic acids is 1. The van der Waals surface area contributed by atoms with Crippen molar-refractivity contribution in [2.75, 3.05) is 19.6 Å². The average molecular weight is 334 g/mol. The van der Waals surface area contributed by atoms with E-state index < -0.39 is 0 Å². The van der Waals surface area contributed by atoms with Gasteiger partial charge in [-0.3, -0.25) is 9.59 Å². The number of aromatic nitrogens is 2. The molecule has 0 unspecified atom stereocenters. The van der Waals surface area contributed by atoms with Crippen LogP contribution in [0.25, 0.3) is 10.2 Å². The molecule has 3 fully saturated rings. The van der Waals surface area contributed by atoms with Gasteiger partial charge < -0.3 is 15.3 Å². The second-order valence-electron chi connectivity index (χ2n) is 5.71. The molecule has 5 heterocycles. The smallest absolute Gasteiger partial charge is 0.290 e. The fourth-order valence-electron chi connectivity index (χ4n) is 3.31. The van der Waals surface area contributed by atoms with Crippen LogP contribution in [-0.2, 0) is 4.79 Å². The van der Waals surface area contributed by atoms with Gasteiger partial charge in [0.15, 0.2) is 5.69 Å². The Kier molecular flexibility index (Phi) is 4.82. The van der Waals surface area contributed by atoms with Gasteiger partial charge >= 0.3 is 0 Å². The molecule has 0 radical (unpaired) electrons. The highest BCUT2D eigenvalue weighted by Crippen LogP contribution is 2.28. The number of piperidine rings is 3. The molecule has 0 saturated carbocycles. The van der Waals surface area contributed by atoms with Crippen LogP contribution in [0.2, 0.25) is 0 Å². The molecular formula is C15H18N4O3S. The fraction of sp³-hybridized carbons (Fsp3) is 0.467. The molecule has 2 aromatic rings. The summed E-state index contributed by atoms with van der Waals surface area (Å²) in [5, 5.41) is 10.9. The molecule has 2 aromatic heterocycles. The maximum atomic E-state index is 12.5. The van der Waals surface area contributed by atoms with Crippen molar-refractivity contribution in [3.05, 3.63) is 24.0 Å². The summed E-state index contributed by atoms with van der Waals surface area (Å²) in [5.74, 6) is 0.579. The third-order valence-electron chi connectivity index (χ3n) is 4.44. The quantitative estimate of drug-likeness (QED) is 0.802. The minimum atomic E-state index is -0.250. The van der Waals surface area contributed by atoms with Crippen molar-refractivity contribution in [2.45, 2.75) is 18.9 Å². The molecule has 3 aliphatic heterocycles. The molecule has 7 nitrogen and oxygen atoms in total. The topological polar surface area (TPSA) is 95.4 Å². The molecule has 23 heavy (non-hydrogen) atoms. The van der Waals surface area contributed by atoms with E-state index in [1.54, 1.807) is 6.20 Å². The lowest BCUT2D eigenvalue weighted by Gasteiger charge is -2.44. The molecule has 3 aliphatic rings. The summed E-state index contributed by atoms with van der Waals surface area (Å²) in [4.78, 5) is 28.3. The summed E-state index contributed by atoms with van der Waals surface area (Å²) >= 11 is 1.29. The number of hydrogen-bond acceptors (Lipinski definition) is 6. The zero-order valence-corrected chi connectivity index (χ0v) is 13.3. The third-order valence-corrected chi connectivity index (χ3v) is 5.21. The van der Waals surface area contributed by atoms with Crippen LogP contribution in [0.5, 0.6) is 0 Å². The number of nitrogens with zero attached hydrogens (tertiary/aromatic N) is 3. The maximum Gasteiger partial charge on any atom is 0.290 e. The molecule has 1 amide bonds. The summed E-state index contributed by atoms with van der Waals surface area (Å²) in [5.41, 5.74) is 0.523. The maximum absolute atomic E-state index is 12.5. The lowest BCUT2D eigenvalue weighted by molar-refractivity contribution is -0.122. The van der Waals surface area contributed by atoms with E-state index in [4.69, 9.17) is 9.90 Å². The van der Waals surface area contributed by atoms with E-state index in [1.807, 2.05) is 12.1 Å². The standard InChI is InChI=1S/C14H16N4OS.CH2O2/c19-13(12-10-2-1-5-15-14(10)20-17-12)16-11-8-18-6-3-9(11)4-7-18;2-1-3/h1-2,5,9,11H,3-4,6-8H2,(H,16,19);1H,(H,2,3)/t11-;/m1./s1. The van der Waals surface area contributed by atoms with E-state index in [2.05, 4.69) is 19.6 Å². The first-order chi connectivity index (χ1) is 11.2. The summed E-state index contributed by atoms with van der Waals surface area (Å²) in [6.45, 7) is 3.10. The molecule has 8 heteroatoms. The number of carboxylic acid groups (broad SMARTS) is 1. The van der Waals surface area contributed by atoms with E-state index in [9.17, 15) is 4.79 Å². The van der Waals surface area contributed by atoms with Crippen molar-refractivity contribution >= 4 is 34.1 Å². The number of amides is 1. The Hall–Kier alpha value is -2.06. The van der Waals surface area contributed by atoms with E-state index in [-0.39, 0.29) is 18.4 Å². The average Bonchev–Trinajstić information content (AvgIpc) is 3.01. The molecular weight excluding hydrogens is 316 g/mol. The van der Waals surface area contributed by atoms with Crippen molar-refractivity contribution in [3.63, 3.8) is 0 Å². The first-order valence-electron chi connectivity index (χ1n) is 7.54. The Morgan fingerprint density at radius 1 is 1.43 bits per heavy atom. The van der Waals surface area contributed by atoms with Gasteiger partial charge in [0.25, 0.3) is 12.4 Å². The van der Waals surface area contributed by atoms with Crippen LogP contribution in [-0.4, -0.2) is 57.4 Å². The monoisotopic (exact) mass is 334 g/mol. The number of pyridine rings is 1. The number of hydrogen-bond donors (Lipinski definition) is 2. The van der Waals surface area contributed by atoms with Gasteiger partial charge in [0.1, 0.15) is 4.83 Å². The first-order valence-corrected chi connectivity index (χ1v) is 8.31. The Balaban J connectivity index is 0.000000485. The Bertz CT molecular complexity index is 697. The fourth-order valence-corrected chi connectivity index (χ4v) is 4.04. The zero-order chi connectivity index (χ0) is 16.2. The lowest BCUT2D eigenvalue weighted by atomic mass is 9.84. The predicted octanol–water partition coefficient (Wildman–Crippen LogP) is 1.22. The number of fused-ring (bicyclic) bond motifs is 4. The molecule has 3 saturated heterocycles. The lowest BCUT2D eigenvalue weighted by Crippen LogP contribution is -2.57. The molecule has 2 N–H and O–H groups in total. The van der Waals surface area contributed by atoms with Gasteiger partial charge in [0, 0.05) is 24.2 Å². The molecule has 1 atom stereocenters. The summed E-state index contributed by atoms with van der Waals surface area (Å²) < 4.78 is 4.28. The highest BCUT2D eigenvalue weighted by molar-refractivity contribution is 7.13. The summed E-state index contributed by atoms with van der Waals surface area (Å²) in [7, 11) is 0. The predicted molar refractivity (Wildman–Crippen MR) is 86.5 cm³/mol. The number of carbonyl (C=O) groups is 2. The molecule has 5 rings (SSSR count). The molecule has 0 aliphatic carbocycles. The Labute approximate surface area is 137 Å². The highest BCUT2D eigenvalue weighted by Gasteiger charge is 2.35. The second-order valence-corrected chi connectivity index (χ2v) is 6.46. The van der Waals surface area contributed by atoms with Crippen LogP contribution in [0.1, 0.15) is 23.3 Å². The van der Waals surface area contributed by atoms with Gasteiger partial charge in [0.05, 0.1) is 0 Å². The van der Waals surface area contributed by atoms with Crippen molar-refractivity contribution in [1.82, 2.24) is 19.6 Å². The highest BCUT2D eigenvalue weighted by atomic mass is 32.1. The van der Waals surface area contributed by atoms with Crippen molar-refractivity contribution < 1.29 is 14.7 Å². The van der Waals surface area contributed by atoms with Gasteiger partial charge in [0.2, 0.25) is 0 Å². The number of nitrogens with one attached hydrogen (secondary N) is 1. The number of rotatable bonds is 2. The van der Waals surface area contributed by atoms with Crippen LogP contribution >= 0.6 is 11.5 Å². The Morgan fingerprint density at radius 3 is 2.83 bits per heavy atom. The van der Waals surface area contributed by atoms with Crippen molar-refractivity contribution in [3.8, 4) is 0 Å². The van der Waals surface area contributed by atoms with Gasteiger partial charge in [-0.1, -0.05) is 0 Å². The zero-order valence-electron chi connectivity index (χ0n) is 12.5. The van der Waals surface area contributed by atoms with Crippen LogP contribution in [0.4, 0.5) is 0 Å². The van der Waals surface area contributed by atoms with Gasteiger partial charge in [-0.05, 0) is 55.5 Å². The molecule has 2 bridgehead atoms. The van der Waals surface area contributed by atoms with Crippen LogP contribution in [0, 0.1) is 5.92 Å². The van der Waals surface area contributed by atoms with E-state index in [0.29, 0.717) is 11.6 Å².